The van der Waals surface area contributed by atoms with Crippen molar-refractivity contribution < 1.29 is 9.72 Å². The van der Waals surface area contributed by atoms with Gasteiger partial charge in [0.05, 0.1) is 4.92 Å². The number of nitrogens with one attached hydrogen (secondary N) is 2. The van der Waals surface area contributed by atoms with Crippen LogP contribution in [0.5, 0.6) is 0 Å². The van der Waals surface area contributed by atoms with Crippen molar-refractivity contribution in [2.24, 2.45) is 0 Å². The second-order valence-electron chi connectivity index (χ2n) is 5.58. The van der Waals surface area contributed by atoms with Crippen LogP contribution in [0.1, 0.15) is 36.2 Å². The molecule has 0 aliphatic carbocycles. The first-order valence-electron chi connectivity index (χ1n) is 6.77. The molecule has 2 bridgehead atoms. The van der Waals surface area contributed by atoms with Gasteiger partial charge in [-0.25, -0.2) is 0 Å². The highest BCUT2D eigenvalue weighted by Gasteiger charge is 2.39. The summed E-state index contributed by atoms with van der Waals surface area (Å²) in [5.74, 6) is -0.442. The number of aromatic nitrogens is 2. The zero-order chi connectivity index (χ0) is 14.3. The molecule has 2 N–H and O–H groups in total. The molecule has 0 saturated carbocycles. The molecule has 20 heavy (non-hydrogen) atoms. The molecule has 0 aromatic carbocycles. The Balaban J connectivity index is 1.68. The minimum absolute atomic E-state index is 0.0683. The topological polar surface area (TPSA) is 104 Å². The molecule has 1 aromatic heterocycles. The summed E-state index contributed by atoms with van der Waals surface area (Å²) in [4.78, 5) is 24.7. The summed E-state index contributed by atoms with van der Waals surface area (Å²) in [6, 6.07) is 1.10. The summed E-state index contributed by atoms with van der Waals surface area (Å²) in [6.07, 6.45) is 5.20. The Bertz CT molecular complexity index is 529. The van der Waals surface area contributed by atoms with Crippen LogP contribution in [0.3, 0.4) is 0 Å². The molecule has 8 heteroatoms. The number of H-pyrrole nitrogens is 1. The van der Waals surface area contributed by atoms with E-state index < -0.39 is 10.8 Å². The van der Waals surface area contributed by atoms with Crippen molar-refractivity contribution in [1.29, 1.82) is 0 Å². The molecule has 0 radical (unpaired) electrons. The molecule has 3 rings (SSSR count). The van der Waals surface area contributed by atoms with E-state index in [-0.39, 0.29) is 17.4 Å². The SMILES string of the molecule is CN1[C@@H]2CC[C@@H]1CC(NC(=O)c1[nH]ncc1[N+](=O)[O-])C2. The fraction of sp³-hybridized carbons (Fsp3) is 0.667. The highest BCUT2D eigenvalue weighted by Crippen LogP contribution is 2.34. The van der Waals surface area contributed by atoms with Crippen LogP contribution < -0.4 is 5.32 Å². The molecule has 1 aromatic rings. The lowest BCUT2D eigenvalue weighted by Gasteiger charge is -2.36. The minimum atomic E-state index is -0.600. The van der Waals surface area contributed by atoms with Crippen molar-refractivity contribution in [1.82, 2.24) is 20.4 Å². The van der Waals surface area contributed by atoms with Crippen molar-refractivity contribution in [2.45, 2.75) is 43.8 Å². The van der Waals surface area contributed by atoms with Crippen molar-refractivity contribution >= 4 is 11.6 Å². The monoisotopic (exact) mass is 279 g/mol. The van der Waals surface area contributed by atoms with E-state index >= 15 is 0 Å². The van der Waals surface area contributed by atoms with Crippen LogP contribution in [-0.2, 0) is 0 Å². The molecule has 8 nitrogen and oxygen atoms in total. The molecule has 2 aliphatic heterocycles. The summed E-state index contributed by atoms with van der Waals surface area (Å²) in [7, 11) is 2.13. The maximum Gasteiger partial charge on any atom is 0.319 e. The predicted octanol–water partition coefficient (Wildman–Crippen LogP) is 0.673. The molecule has 0 unspecified atom stereocenters. The first-order valence-corrected chi connectivity index (χ1v) is 6.77. The molecular formula is C12H17N5O3. The van der Waals surface area contributed by atoms with E-state index in [1.165, 1.54) is 0 Å². The van der Waals surface area contributed by atoms with E-state index in [1.54, 1.807) is 0 Å². The number of aromatic amines is 1. The molecule has 0 spiro atoms. The zero-order valence-corrected chi connectivity index (χ0v) is 11.2. The van der Waals surface area contributed by atoms with Gasteiger partial charge >= 0.3 is 5.69 Å². The third-order valence-electron chi connectivity index (χ3n) is 4.48. The highest BCUT2D eigenvalue weighted by atomic mass is 16.6. The fourth-order valence-corrected chi connectivity index (χ4v) is 3.37. The van der Waals surface area contributed by atoms with Crippen LogP contribution in [-0.4, -0.2) is 51.1 Å². The lowest BCUT2D eigenvalue weighted by molar-refractivity contribution is -0.385. The summed E-state index contributed by atoms with van der Waals surface area (Å²) in [6.45, 7) is 0. The van der Waals surface area contributed by atoms with Crippen LogP contribution in [0.4, 0.5) is 5.69 Å². The number of carbonyl (C=O) groups is 1. The van der Waals surface area contributed by atoms with Gasteiger partial charge in [0.1, 0.15) is 6.20 Å². The van der Waals surface area contributed by atoms with E-state index in [4.69, 9.17) is 0 Å². The molecule has 2 fully saturated rings. The Labute approximate surface area is 115 Å². The molecule has 2 saturated heterocycles. The van der Waals surface area contributed by atoms with Gasteiger partial charge in [-0.1, -0.05) is 0 Å². The highest BCUT2D eigenvalue weighted by molar-refractivity contribution is 5.96. The zero-order valence-electron chi connectivity index (χ0n) is 11.2. The number of rotatable bonds is 3. The van der Waals surface area contributed by atoms with Crippen LogP contribution in [0.2, 0.25) is 0 Å². The van der Waals surface area contributed by atoms with E-state index in [9.17, 15) is 14.9 Å². The Morgan fingerprint density at radius 3 is 2.75 bits per heavy atom. The second-order valence-corrected chi connectivity index (χ2v) is 5.58. The van der Waals surface area contributed by atoms with Crippen molar-refractivity contribution in [2.75, 3.05) is 7.05 Å². The number of nitrogens with zero attached hydrogens (tertiary/aromatic N) is 3. The second kappa shape index (κ2) is 4.86. The van der Waals surface area contributed by atoms with Gasteiger partial charge in [-0.15, -0.1) is 0 Å². The van der Waals surface area contributed by atoms with Gasteiger partial charge in [-0.2, -0.15) is 5.10 Å². The Hall–Kier alpha value is -1.96. The third kappa shape index (κ3) is 2.15. The quantitative estimate of drug-likeness (QED) is 0.625. The van der Waals surface area contributed by atoms with Crippen LogP contribution in [0, 0.1) is 10.1 Å². The number of hydrogen-bond donors (Lipinski definition) is 2. The lowest BCUT2D eigenvalue weighted by atomic mass is 9.98. The smallest absolute Gasteiger partial charge is 0.319 e. The minimum Gasteiger partial charge on any atom is -0.348 e. The first-order chi connectivity index (χ1) is 9.56. The van der Waals surface area contributed by atoms with E-state index in [0.717, 1.165) is 31.9 Å². The fourth-order valence-electron chi connectivity index (χ4n) is 3.37. The average Bonchev–Trinajstić information content (AvgIpc) is 2.94. The maximum atomic E-state index is 12.1. The summed E-state index contributed by atoms with van der Waals surface area (Å²) < 4.78 is 0. The first kappa shape index (κ1) is 13.0. The van der Waals surface area contributed by atoms with Crippen LogP contribution >= 0.6 is 0 Å². The molecule has 1 amide bonds. The summed E-state index contributed by atoms with van der Waals surface area (Å²) >= 11 is 0. The Morgan fingerprint density at radius 1 is 1.50 bits per heavy atom. The molecule has 3 heterocycles. The number of fused-ring (bicyclic) bond motifs is 2. The van der Waals surface area contributed by atoms with Gasteiger partial charge in [-0.05, 0) is 32.7 Å². The van der Waals surface area contributed by atoms with Gasteiger partial charge in [0.2, 0.25) is 5.69 Å². The average molecular weight is 279 g/mol. The van der Waals surface area contributed by atoms with Gasteiger partial charge in [0.25, 0.3) is 5.91 Å². The molecule has 2 aliphatic rings. The van der Waals surface area contributed by atoms with Gasteiger partial charge in [-0.3, -0.25) is 20.0 Å². The lowest BCUT2D eigenvalue weighted by Crippen LogP contribution is -2.48. The van der Waals surface area contributed by atoms with Crippen molar-refractivity contribution in [3.05, 3.63) is 22.0 Å². The molecular weight excluding hydrogens is 262 g/mol. The van der Waals surface area contributed by atoms with Gasteiger partial charge < -0.3 is 10.2 Å². The number of amides is 1. The number of carbonyl (C=O) groups excluding carboxylic acids is 1. The molecule has 108 valence electrons. The Kier molecular flexibility index (Phi) is 3.17. The normalized spacial score (nSPS) is 29.4. The van der Waals surface area contributed by atoms with Gasteiger partial charge in [0.15, 0.2) is 0 Å². The number of piperidine rings is 1. The largest absolute Gasteiger partial charge is 0.348 e. The maximum absolute atomic E-state index is 12.1. The van der Waals surface area contributed by atoms with Crippen molar-refractivity contribution in [3.8, 4) is 0 Å². The summed E-state index contributed by atoms with van der Waals surface area (Å²) in [5.41, 5.74) is -0.348. The van der Waals surface area contributed by atoms with Gasteiger partial charge in [0, 0.05) is 18.1 Å². The predicted molar refractivity (Wildman–Crippen MR) is 70.3 cm³/mol. The number of nitro groups is 1. The molecule has 2 atom stereocenters. The van der Waals surface area contributed by atoms with Crippen LogP contribution in [0.15, 0.2) is 6.20 Å². The van der Waals surface area contributed by atoms with Crippen molar-refractivity contribution in [3.63, 3.8) is 0 Å². The Morgan fingerprint density at radius 2 is 2.15 bits per heavy atom. The van der Waals surface area contributed by atoms with E-state index in [1.807, 2.05) is 0 Å². The summed E-state index contributed by atoms with van der Waals surface area (Å²) in [5, 5.41) is 19.7. The third-order valence-corrected chi connectivity index (χ3v) is 4.48. The van der Waals surface area contributed by atoms with Crippen LogP contribution in [0.25, 0.3) is 0 Å². The van der Waals surface area contributed by atoms with E-state index in [2.05, 4.69) is 27.5 Å². The standard InChI is InChI=1S/C12H17N5O3/c1-16-8-2-3-9(16)5-7(4-8)14-12(18)11-10(17(19)20)6-13-15-11/h6-9H,2-5H2,1H3,(H,13,15)(H,14,18)/t8-,9-/m1/s1. The van der Waals surface area contributed by atoms with E-state index in [0.29, 0.717) is 12.1 Å². The number of hydrogen-bond acceptors (Lipinski definition) is 5.